The second-order valence-corrected chi connectivity index (χ2v) is 32.8. The zero-order valence-electron chi connectivity index (χ0n) is 24.5. The molecule has 0 rings (SSSR count). The van der Waals surface area contributed by atoms with Gasteiger partial charge in [0.05, 0.1) is 0 Å². The third-order valence-electron chi connectivity index (χ3n) is 7.79. The highest BCUT2D eigenvalue weighted by Crippen LogP contribution is 2.35. The lowest BCUT2D eigenvalue weighted by Crippen LogP contribution is -2.15. The number of hydrogen-bond acceptors (Lipinski definition) is 0. The molecule has 0 aliphatic carbocycles. The number of halogens is 2. The lowest BCUT2D eigenvalue weighted by atomic mass is 10.0. The summed E-state index contributed by atoms with van der Waals surface area (Å²) < 4.78 is -0.969. The summed E-state index contributed by atoms with van der Waals surface area (Å²) in [6.07, 6.45) is 41.4. The SMILES string of the molecule is CCCCCCCCCCCCCCCC[Si](I)(I)CCCCCCCCCCCCCCCC. The summed E-state index contributed by atoms with van der Waals surface area (Å²) in [4.78, 5) is 0. The van der Waals surface area contributed by atoms with Gasteiger partial charge in [-0.15, -0.1) is 43.6 Å². The molecule has 0 bridgehead atoms. The molecule has 0 nitrogen and oxygen atoms in total. The molecule has 3 heteroatoms. The van der Waals surface area contributed by atoms with E-state index in [2.05, 4.69) is 57.4 Å². The summed E-state index contributed by atoms with van der Waals surface area (Å²) in [5.74, 6) is 0. The van der Waals surface area contributed by atoms with Gasteiger partial charge in [-0.05, 0) is 12.1 Å². The topological polar surface area (TPSA) is 0 Å². The molecule has 0 atom stereocenters. The highest BCUT2D eigenvalue weighted by molar-refractivity contribution is 14.3. The maximum atomic E-state index is 2.90. The summed E-state index contributed by atoms with van der Waals surface area (Å²) >= 11 is 5.79. The van der Waals surface area contributed by atoms with Gasteiger partial charge in [-0.1, -0.05) is 194 Å². The molecule has 0 radical (unpaired) electrons. The summed E-state index contributed by atoms with van der Waals surface area (Å²) in [5.41, 5.74) is 0. The minimum atomic E-state index is -0.969. The monoisotopic (exact) mass is 732 g/mol. The van der Waals surface area contributed by atoms with Gasteiger partial charge >= 0.3 is 0 Å². The van der Waals surface area contributed by atoms with E-state index in [1.807, 2.05) is 0 Å². The Bertz CT molecular complexity index is 352. The molecule has 0 aromatic carbocycles. The van der Waals surface area contributed by atoms with Crippen molar-refractivity contribution in [3.63, 3.8) is 0 Å². The maximum absolute atomic E-state index is 2.90. The quantitative estimate of drug-likeness (QED) is 0.0299. The van der Waals surface area contributed by atoms with Crippen LogP contribution >= 0.6 is 43.6 Å². The van der Waals surface area contributed by atoms with Crippen LogP contribution in [0, 0.1) is 0 Å². The Labute approximate surface area is 250 Å². The molecule has 0 unspecified atom stereocenters. The van der Waals surface area contributed by atoms with Gasteiger partial charge in [0.1, 0.15) is 0 Å². The molecule has 0 N–H and O–H groups in total. The van der Waals surface area contributed by atoms with Gasteiger partial charge in [0, 0.05) is 0 Å². The fourth-order valence-electron chi connectivity index (χ4n) is 5.28. The van der Waals surface area contributed by atoms with Crippen LogP contribution in [0.1, 0.15) is 194 Å². The summed E-state index contributed by atoms with van der Waals surface area (Å²) in [5, 5.41) is 0. The van der Waals surface area contributed by atoms with Gasteiger partial charge in [0.15, 0.2) is 3.07 Å². The zero-order chi connectivity index (χ0) is 25.7. The van der Waals surface area contributed by atoms with E-state index in [1.54, 1.807) is 12.1 Å². The van der Waals surface area contributed by atoms with Crippen LogP contribution in [0.4, 0.5) is 0 Å². The molecule has 0 aliphatic heterocycles. The van der Waals surface area contributed by atoms with Crippen molar-refractivity contribution in [2.45, 2.75) is 206 Å². The minimum absolute atomic E-state index is 0.969. The summed E-state index contributed by atoms with van der Waals surface area (Å²) in [6, 6.07) is 3.12. The Morgan fingerprint density at radius 3 is 0.657 bits per heavy atom. The second-order valence-electron chi connectivity index (χ2n) is 11.5. The van der Waals surface area contributed by atoms with E-state index >= 15 is 0 Å². The molecule has 0 spiro atoms. The van der Waals surface area contributed by atoms with Gasteiger partial charge < -0.3 is 0 Å². The van der Waals surface area contributed by atoms with Crippen molar-refractivity contribution >= 4 is 46.7 Å². The largest absolute Gasteiger partial charge is 0.192 e. The van der Waals surface area contributed by atoms with Gasteiger partial charge in [0.25, 0.3) is 0 Å². The summed E-state index contributed by atoms with van der Waals surface area (Å²) in [6.45, 7) is 4.62. The standard InChI is InChI=1S/C32H66I2Si/c1-3-5-7-9-11-13-15-17-19-21-23-25-27-29-31-35(33,34)32-30-28-26-24-22-20-18-16-14-12-10-8-6-4-2/h3-32H2,1-2H3. The van der Waals surface area contributed by atoms with Crippen molar-refractivity contribution in [1.29, 1.82) is 0 Å². The Morgan fingerprint density at radius 2 is 0.457 bits per heavy atom. The van der Waals surface area contributed by atoms with Crippen molar-refractivity contribution in [3.8, 4) is 0 Å². The van der Waals surface area contributed by atoms with Gasteiger partial charge in [-0.3, -0.25) is 0 Å². The van der Waals surface area contributed by atoms with Gasteiger partial charge in [-0.25, -0.2) is 0 Å². The average molecular weight is 733 g/mol. The third-order valence-corrected chi connectivity index (χ3v) is 16.4. The van der Waals surface area contributed by atoms with Crippen molar-refractivity contribution in [2.75, 3.05) is 0 Å². The first-order chi connectivity index (χ1) is 17.1. The Kier molecular flexibility index (Phi) is 31.7. The van der Waals surface area contributed by atoms with Gasteiger partial charge in [0.2, 0.25) is 0 Å². The second kappa shape index (κ2) is 30.2. The molecule has 0 amide bonds. The maximum Gasteiger partial charge on any atom is 0.192 e. The van der Waals surface area contributed by atoms with Gasteiger partial charge in [-0.2, -0.15) is 0 Å². The van der Waals surface area contributed by atoms with Crippen molar-refractivity contribution in [1.82, 2.24) is 0 Å². The first-order valence-corrected chi connectivity index (χ1v) is 25.1. The molecular formula is C32H66I2Si. The fourth-order valence-corrected chi connectivity index (χ4v) is 11.6. The number of unbranched alkanes of at least 4 members (excludes halogenated alkanes) is 26. The van der Waals surface area contributed by atoms with Crippen LogP contribution in [0.3, 0.4) is 0 Å². The number of rotatable bonds is 30. The highest BCUT2D eigenvalue weighted by atomic mass is 127. The molecule has 212 valence electrons. The Balaban J connectivity index is 3.28. The molecule has 0 saturated heterocycles. The van der Waals surface area contributed by atoms with E-state index in [0.717, 1.165) is 0 Å². The predicted molar refractivity (Wildman–Crippen MR) is 184 cm³/mol. The van der Waals surface area contributed by atoms with Crippen LogP contribution in [-0.4, -0.2) is 3.07 Å². The summed E-state index contributed by atoms with van der Waals surface area (Å²) in [7, 11) is 0. The van der Waals surface area contributed by atoms with Crippen LogP contribution in [-0.2, 0) is 0 Å². The minimum Gasteiger partial charge on any atom is -0.105 e. The zero-order valence-corrected chi connectivity index (χ0v) is 29.8. The molecule has 35 heavy (non-hydrogen) atoms. The van der Waals surface area contributed by atoms with E-state index in [1.165, 1.54) is 180 Å². The number of hydrogen-bond donors (Lipinski definition) is 0. The van der Waals surface area contributed by atoms with Crippen molar-refractivity contribution in [3.05, 3.63) is 0 Å². The Hall–Kier alpha value is 1.68. The lowest BCUT2D eigenvalue weighted by molar-refractivity contribution is 0.537. The van der Waals surface area contributed by atoms with E-state index in [-0.39, 0.29) is 0 Å². The highest BCUT2D eigenvalue weighted by Gasteiger charge is 2.24. The van der Waals surface area contributed by atoms with Crippen LogP contribution in [0.15, 0.2) is 0 Å². The van der Waals surface area contributed by atoms with Crippen LogP contribution in [0.5, 0.6) is 0 Å². The fraction of sp³-hybridized carbons (Fsp3) is 1.00. The molecule has 0 fully saturated rings. The van der Waals surface area contributed by atoms with Crippen LogP contribution in [0.2, 0.25) is 12.1 Å². The molecule has 0 aromatic heterocycles. The third kappa shape index (κ3) is 31.8. The Morgan fingerprint density at radius 1 is 0.286 bits per heavy atom. The molecule has 0 aliphatic rings. The van der Waals surface area contributed by atoms with Crippen molar-refractivity contribution in [2.24, 2.45) is 0 Å². The first-order valence-electron chi connectivity index (χ1n) is 16.5. The molecule has 0 aromatic rings. The normalized spacial score (nSPS) is 12.0. The molecular weight excluding hydrogens is 666 g/mol. The first kappa shape index (κ1) is 36.7. The lowest BCUT2D eigenvalue weighted by Gasteiger charge is -2.17. The van der Waals surface area contributed by atoms with E-state index in [0.29, 0.717) is 0 Å². The van der Waals surface area contributed by atoms with E-state index in [9.17, 15) is 0 Å². The smallest absolute Gasteiger partial charge is 0.105 e. The van der Waals surface area contributed by atoms with Crippen LogP contribution < -0.4 is 0 Å². The van der Waals surface area contributed by atoms with Crippen LogP contribution in [0.25, 0.3) is 0 Å². The van der Waals surface area contributed by atoms with Crippen molar-refractivity contribution < 1.29 is 0 Å². The predicted octanol–water partition coefficient (Wildman–Crippen LogP) is 14.3. The van der Waals surface area contributed by atoms with E-state index < -0.39 is 3.07 Å². The molecule has 0 heterocycles. The van der Waals surface area contributed by atoms with E-state index in [4.69, 9.17) is 0 Å². The molecule has 0 saturated carbocycles. The average Bonchev–Trinajstić information content (AvgIpc) is 2.84.